The molecule has 150 valence electrons. The van der Waals surface area contributed by atoms with Crippen LogP contribution in [0.25, 0.3) is 17.4 Å². The van der Waals surface area contributed by atoms with Gasteiger partial charge < -0.3 is 9.73 Å². The lowest BCUT2D eigenvalue weighted by atomic mass is 10.1. The van der Waals surface area contributed by atoms with E-state index in [0.29, 0.717) is 43.4 Å². The number of benzene rings is 2. The summed E-state index contributed by atoms with van der Waals surface area (Å²) < 4.78 is 5.81. The minimum Gasteiger partial charge on any atom is -0.457 e. The van der Waals surface area contributed by atoms with Crippen molar-refractivity contribution in [3.63, 3.8) is 0 Å². The van der Waals surface area contributed by atoms with E-state index in [4.69, 9.17) is 16.0 Å². The van der Waals surface area contributed by atoms with Gasteiger partial charge in [0.15, 0.2) is 5.17 Å². The van der Waals surface area contributed by atoms with Gasteiger partial charge in [-0.25, -0.2) is 4.99 Å². The Morgan fingerprint density at radius 1 is 1.20 bits per heavy atom. The number of rotatable bonds is 4. The topological polar surface area (TPSA) is 97.7 Å². The van der Waals surface area contributed by atoms with E-state index in [1.54, 1.807) is 55.5 Å². The van der Waals surface area contributed by atoms with Gasteiger partial charge in [-0.15, -0.1) is 0 Å². The number of nitro groups is 1. The normalized spacial score (nSPS) is 16.3. The Labute approximate surface area is 180 Å². The number of carbonyl (C=O) groups is 1. The van der Waals surface area contributed by atoms with E-state index in [-0.39, 0.29) is 11.6 Å². The van der Waals surface area contributed by atoms with Crippen molar-refractivity contribution in [2.75, 3.05) is 0 Å². The standard InChI is InChI=1S/C21H14ClN3O4S/c1-12-10-13(6-8-17(12)25(27)28)18-9-7-14(29-18)11-19-20(26)24-21(30-19)23-16-5-3-2-4-15(16)22/h2-11H,1H3,(H,23,24,26)/b19-11+. The van der Waals surface area contributed by atoms with Gasteiger partial charge in [-0.1, -0.05) is 23.7 Å². The number of halogens is 1. The second kappa shape index (κ2) is 8.17. The van der Waals surface area contributed by atoms with Crippen LogP contribution in [0.4, 0.5) is 11.4 Å². The summed E-state index contributed by atoms with van der Waals surface area (Å²) in [4.78, 5) is 27.6. The van der Waals surface area contributed by atoms with Crippen molar-refractivity contribution in [3.8, 4) is 11.3 Å². The first-order valence-corrected chi connectivity index (χ1v) is 9.99. The summed E-state index contributed by atoms with van der Waals surface area (Å²) in [6.45, 7) is 1.67. The zero-order chi connectivity index (χ0) is 21.3. The number of nitrogens with zero attached hydrogens (tertiary/aromatic N) is 2. The molecule has 0 radical (unpaired) electrons. The average Bonchev–Trinajstić information content (AvgIpc) is 3.30. The molecule has 0 atom stereocenters. The Bertz CT molecular complexity index is 1230. The van der Waals surface area contributed by atoms with E-state index in [1.807, 2.05) is 6.07 Å². The molecule has 9 heteroatoms. The van der Waals surface area contributed by atoms with Crippen LogP contribution < -0.4 is 5.32 Å². The third-order valence-electron chi connectivity index (χ3n) is 4.30. The Balaban J connectivity index is 1.56. The number of para-hydroxylation sites is 1. The van der Waals surface area contributed by atoms with Crippen LogP contribution in [0.15, 0.2) is 68.9 Å². The molecule has 0 unspecified atom stereocenters. The quantitative estimate of drug-likeness (QED) is 0.319. The van der Waals surface area contributed by atoms with Crippen molar-refractivity contribution < 1.29 is 14.1 Å². The Morgan fingerprint density at radius 2 is 2.00 bits per heavy atom. The highest BCUT2D eigenvalue weighted by Crippen LogP contribution is 2.32. The number of amidine groups is 1. The second-order valence-electron chi connectivity index (χ2n) is 6.39. The lowest BCUT2D eigenvalue weighted by Gasteiger charge is -2.00. The van der Waals surface area contributed by atoms with Crippen molar-refractivity contribution >= 4 is 51.9 Å². The maximum absolute atomic E-state index is 12.3. The molecule has 1 aliphatic heterocycles. The number of nitrogens with one attached hydrogen (secondary N) is 1. The van der Waals surface area contributed by atoms with Gasteiger partial charge in [0.05, 0.1) is 20.5 Å². The van der Waals surface area contributed by atoms with Crippen LogP contribution in [0.5, 0.6) is 0 Å². The molecule has 1 fully saturated rings. The van der Waals surface area contributed by atoms with E-state index in [0.717, 1.165) is 0 Å². The summed E-state index contributed by atoms with van der Waals surface area (Å²) in [5, 5.41) is 14.6. The van der Waals surface area contributed by atoms with Gasteiger partial charge in [0, 0.05) is 23.3 Å². The van der Waals surface area contributed by atoms with Crippen LogP contribution in [0.2, 0.25) is 5.02 Å². The van der Waals surface area contributed by atoms with Gasteiger partial charge in [0.2, 0.25) is 0 Å². The smallest absolute Gasteiger partial charge is 0.272 e. The Kier molecular flexibility index (Phi) is 5.43. The van der Waals surface area contributed by atoms with Crippen molar-refractivity contribution in [1.29, 1.82) is 0 Å². The maximum atomic E-state index is 12.3. The predicted molar refractivity (Wildman–Crippen MR) is 118 cm³/mol. The van der Waals surface area contributed by atoms with Crippen molar-refractivity contribution in [2.24, 2.45) is 4.99 Å². The number of hydrogen-bond donors (Lipinski definition) is 1. The number of hydrogen-bond acceptors (Lipinski definition) is 6. The van der Waals surface area contributed by atoms with Gasteiger partial charge in [-0.3, -0.25) is 14.9 Å². The van der Waals surface area contributed by atoms with Crippen LogP contribution in [0.3, 0.4) is 0 Å². The highest BCUT2D eigenvalue weighted by Gasteiger charge is 2.24. The summed E-state index contributed by atoms with van der Waals surface area (Å²) in [6, 6.07) is 15.4. The lowest BCUT2D eigenvalue weighted by Crippen LogP contribution is -2.19. The first-order chi connectivity index (χ1) is 14.4. The van der Waals surface area contributed by atoms with Gasteiger partial charge in [0.1, 0.15) is 11.5 Å². The maximum Gasteiger partial charge on any atom is 0.272 e. The highest BCUT2D eigenvalue weighted by molar-refractivity contribution is 8.18. The van der Waals surface area contributed by atoms with Crippen molar-refractivity contribution in [2.45, 2.75) is 6.92 Å². The fourth-order valence-corrected chi connectivity index (χ4v) is 3.85. The number of aliphatic imine (C=N–C) groups is 1. The summed E-state index contributed by atoms with van der Waals surface area (Å²) in [5.74, 6) is 0.751. The zero-order valence-corrected chi connectivity index (χ0v) is 17.2. The van der Waals surface area contributed by atoms with Crippen LogP contribution >= 0.6 is 23.4 Å². The third kappa shape index (κ3) is 4.14. The van der Waals surface area contributed by atoms with E-state index in [1.165, 1.54) is 17.8 Å². The Morgan fingerprint density at radius 3 is 2.73 bits per heavy atom. The third-order valence-corrected chi connectivity index (χ3v) is 5.53. The van der Waals surface area contributed by atoms with Gasteiger partial charge in [0.25, 0.3) is 11.6 Å². The molecule has 1 aliphatic rings. The molecule has 1 N–H and O–H groups in total. The van der Waals surface area contributed by atoms with Gasteiger partial charge in [-0.2, -0.15) is 0 Å². The van der Waals surface area contributed by atoms with E-state index in [9.17, 15) is 14.9 Å². The Hall–Kier alpha value is -3.36. The highest BCUT2D eigenvalue weighted by atomic mass is 35.5. The van der Waals surface area contributed by atoms with Crippen molar-refractivity contribution in [3.05, 3.63) is 86.0 Å². The van der Waals surface area contributed by atoms with E-state index < -0.39 is 4.92 Å². The van der Waals surface area contributed by atoms with Crippen LogP contribution in [-0.4, -0.2) is 16.0 Å². The van der Waals surface area contributed by atoms with Gasteiger partial charge in [-0.05, 0) is 55.1 Å². The number of carbonyl (C=O) groups excluding carboxylic acids is 1. The van der Waals surface area contributed by atoms with E-state index in [2.05, 4.69) is 10.3 Å². The summed E-state index contributed by atoms with van der Waals surface area (Å²) in [5.41, 5.74) is 1.88. The molecule has 1 saturated heterocycles. The predicted octanol–water partition coefficient (Wildman–Crippen LogP) is 5.71. The number of nitro benzene ring substituents is 1. The number of furan rings is 1. The molecule has 0 saturated carbocycles. The van der Waals surface area contributed by atoms with Crippen molar-refractivity contribution in [1.82, 2.24) is 5.32 Å². The molecule has 0 spiro atoms. The van der Waals surface area contributed by atoms with Crippen LogP contribution in [0, 0.1) is 17.0 Å². The molecule has 30 heavy (non-hydrogen) atoms. The molecule has 3 aromatic rings. The number of thioether (sulfide) groups is 1. The first-order valence-electron chi connectivity index (χ1n) is 8.80. The second-order valence-corrected chi connectivity index (χ2v) is 7.83. The first kappa shape index (κ1) is 19.9. The van der Waals surface area contributed by atoms with Gasteiger partial charge >= 0.3 is 0 Å². The molecule has 1 aromatic heterocycles. The summed E-state index contributed by atoms with van der Waals surface area (Å²) in [6.07, 6.45) is 1.62. The van der Waals surface area contributed by atoms with Crippen LogP contribution in [-0.2, 0) is 4.79 Å². The van der Waals surface area contributed by atoms with E-state index >= 15 is 0 Å². The minimum absolute atomic E-state index is 0.0528. The zero-order valence-electron chi connectivity index (χ0n) is 15.6. The molecule has 0 bridgehead atoms. The minimum atomic E-state index is -0.422. The molecule has 0 aliphatic carbocycles. The molecular formula is C21H14ClN3O4S. The number of amides is 1. The monoisotopic (exact) mass is 439 g/mol. The number of aryl methyl sites for hydroxylation is 1. The molecule has 4 rings (SSSR count). The summed E-state index contributed by atoms with van der Waals surface area (Å²) in [7, 11) is 0. The molecule has 2 heterocycles. The fraction of sp³-hybridized carbons (Fsp3) is 0.0476. The lowest BCUT2D eigenvalue weighted by molar-refractivity contribution is -0.385. The largest absolute Gasteiger partial charge is 0.457 e. The average molecular weight is 440 g/mol. The molecule has 7 nitrogen and oxygen atoms in total. The molecule has 2 aromatic carbocycles. The fourth-order valence-electron chi connectivity index (χ4n) is 2.86. The molecular weight excluding hydrogens is 426 g/mol. The molecule has 1 amide bonds. The SMILES string of the molecule is Cc1cc(-c2ccc(/C=C3/SC(=Nc4ccccc4Cl)NC3=O)o2)ccc1[N+](=O)[O-]. The summed E-state index contributed by atoms with van der Waals surface area (Å²) >= 11 is 7.30. The van der Waals surface area contributed by atoms with Crippen LogP contribution in [0.1, 0.15) is 11.3 Å².